The van der Waals surface area contributed by atoms with Gasteiger partial charge in [-0.05, 0) is 43.2 Å². The molecule has 2 N–H and O–H groups in total. The van der Waals surface area contributed by atoms with E-state index >= 15 is 0 Å². The van der Waals surface area contributed by atoms with Gasteiger partial charge in [-0.25, -0.2) is 4.90 Å². The topological polar surface area (TPSA) is 63.4 Å². The van der Waals surface area contributed by atoms with Gasteiger partial charge < -0.3 is 5.73 Å². The smallest absolute Gasteiger partial charge is 0.266 e. The van der Waals surface area contributed by atoms with Crippen LogP contribution in [0.4, 0.5) is 11.4 Å². The number of rotatable bonds is 1. The molecule has 0 fully saturated rings. The molecule has 21 heavy (non-hydrogen) atoms. The third kappa shape index (κ3) is 1.91. The van der Waals surface area contributed by atoms with E-state index in [0.29, 0.717) is 27.5 Å². The van der Waals surface area contributed by atoms with Crippen LogP contribution in [0.15, 0.2) is 30.3 Å². The molecule has 5 heteroatoms. The van der Waals surface area contributed by atoms with Gasteiger partial charge in [0.15, 0.2) is 0 Å². The van der Waals surface area contributed by atoms with E-state index < -0.39 is 0 Å². The summed E-state index contributed by atoms with van der Waals surface area (Å²) < 4.78 is 0. The minimum absolute atomic E-state index is 0.298. The Bertz CT molecular complexity index is 758. The number of carbonyl (C=O) groups excluding carboxylic acids is 2. The first kappa shape index (κ1) is 13.6. The number of carbonyl (C=O) groups is 2. The molecule has 0 saturated carbocycles. The minimum atomic E-state index is -0.342. The number of anilines is 2. The Labute approximate surface area is 127 Å². The lowest BCUT2D eigenvalue weighted by molar-refractivity contribution is 0.0926. The maximum absolute atomic E-state index is 12.6. The molecule has 0 aliphatic carbocycles. The Morgan fingerprint density at radius 1 is 0.952 bits per heavy atom. The monoisotopic (exact) mass is 300 g/mol. The van der Waals surface area contributed by atoms with Crippen molar-refractivity contribution in [2.24, 2.45) is 0 Å². The van der Waals surface area contributed by atoms with Gasteiger partial charge in [0.05, 0.1) is 22.5 Å². The van der Waals surface area contributed by atoms with Crippen LogP contribution >= 0.6 is 11.6 Å². The van der Waals surface area contributed by atoms with Crippen LogP contribution in [0.25, 0.3) is 0 Å². The predicted molar refractivity (Wildman–Crippen MR) is 82.9 cm³/mol. The van der Waals surface area contributed by atoms with Crippen LogP contribution in [-0.2, 0) is 0 Å². The van der Waals surface area contributed by atoms with Gasteiger partial charge >= 0.3 is 0 Å². The maximum atomic E-state index is 12.6. The summed E-state index contributed by atoms with van der Waals surface area (Å²) in [5.41, 5.74) is 9.04. The molecule has 0 aromatic heterocycles. The van der Waals surface area contributed by atoms with Gasteiger partial charge in [-0.2, -0.15) is 0 Å². The van der Waals surface area contributed by atoms with Gasteiger partial charge in [-0.3, -0.25) is 9.59 Å². The first-order valence-corrected chi connectivity index (χ1v) is 6.83. The van der Waals surface area contributed by atoms with Gasteiger partial charge in [-0.15, -0.1) is 0 Å². The zero-order valence-electron chi connectivity index (χ0n) is 11.6. The van der Waals surface area contributed by atoms with Crippen LogP contribution in [0.2, 0.25) is 5.02 Å². The molecule has 0 spiro atoms. The van der Waals surface area contributed by atoms with Crippen molar-refractivity contribution in [2.45, 2.75) is 13.8 Å². The summed E-state index contributed by atoms with van der Waals surface area (Å²) in [5.74, 6) is -0.685. The molecular formula is C16H13ClN2O2. The van der Waals surface area contributed by atoms with Gasteiger partial charge in [-0.1, -0.05) is 23.7 Å². The summed E-state index contributed by atoms with van der Waals surface area (Å²) in [4.78, 5) is 26.4. The SMILES string of the molecule is Cc1ccc(C)c2c1C(=O)N(c1ccc(Cl)cc1N)C2=O. The molecule has 0 bridgehead atoms. The number of fused-ring (bicyclic) bond motifs is 1. The van der Waals surface area contributed by atoms with Gasteiger partial charge in [0, 0.05) is 5.02 Å². The number of benzene rings is 2. The molecule has 2 amide bonds. The largest absolute Gasteiger partial charge is 0.397 e. The van der Waals surface area contributed by atoms with Gasteiger partial charge in [0.2, 0.25) is 0 Å². The lowest BCUT2D eigenvalue weighted by atomic mass is 9.99. The first-order valence-electron chi connectivity index (χ1n) is 6.46. The molecule has 0 saturated heterocycles. The molecular weight excluding hydrogens is 288 g/mol. The van der Waals surface area contributed by atoms with E-state index in [1.54, 1.807) is 12.1 Å². The van der Waals surface area contributed by atoms with Crippen molar-refractivity contribution in [3.8, 4) is 0 Å². The molecule has 0 atom stereocenters. The molecule has 1 heterocycles. The predicted octanol–water partition coefficient (Wildman–Crippen LogP) is 3.34. The molecule has 2 aromatic carbocycles. The summed E-state index contributed by atoms with van der Waals surface area (Å²) >= 11 is 5.87. The van der Waals surface area contributed by atoms with E-state index in [4.69, 9.17) is 17.3 Å². The third-order valence-electron chi connectivity index (χ3n) is 3.69. The van der Waals surface area contributed by atoms with E-state index in [-0.39, 0.29) is 11.8 Å². The van der Waals surface area contributed by atoms with E-state index in [2.05, 4.69) is 0 Å². The van der Waals surface area contributed by atoms with Crippen molar-refractivity contribution in [2.75, 3.05) is 10.6 Å². The number of aryl methyl sites for hydroxylation is 2. The van der Waals surface area contributed by atoms with E-state index in [0.717, 1.165) is 16.0 Å². The quantitative estimate of drug-likeness (QED) is 0.649. The number of hydrogen-bond acceptors (Lipinski definition) is 3. The Morgan fingerprint density at radius 2 is 1.48 bits per heavy atom. The second-order valence-corrected chi connectivity index (χ2v) is 5.53. The van der Waals surface area contributed by atoms with Crippen LogP contribution in [0.1, 0.15) is 31.8 Å². The van der Waals surface area contributed by atoms with Crippen LogP contribution in [0, 0.1) is 13.8 Å². The third-order valence-corrected chi connectivity index (χ3v) is 3.92. The fourth-order valence-corrected chi connectivity index (χ4v) is 2.81. The maximum Gasteiger partial charge on any atom is 0.266 e. The highest BCUT2D eigenvalue weighted by atomic mass is 35.5. The number of imide groups is 1. The first-order chi connectivity index (χ1) is 9.91. The van der Waals surface area contributed by atoms with Crippen molar-refractivity contribution in [3.63, 3.8) is 0 Å². The summed E-state index contributed by atoms with van der Waals surface area (Å²) in [6.45, 7) is 3.64. The molecule has 1 aliphatic rings. The molecule has 0 unspecified atom stereocenters. The summed E-state index contributed by atoms with van der Waals surface area (Å²) in [7, 11) is 0. The van der Waals surface area contributed by atoms with Crippen molar-refractivity contribution in [1.29, 1.82) is 0 Å². The summed E-state index contributed by atoms with van der Waals surface area (Å²) in [6, 6.07) is 8.41. The zero-order chi connectivity index (χ0) is 15.3. The molecule has 3 rings (SSSR count). The van der Waals surface area contributed by atoms with Crippen LogP contribution < -0.4 is 10.6 Å². The number of nitrogens with zero attached hydrogens (tertiary/aromatic N) is 1. The Balaban J connectivity index is 2.21. The fraction of sp³-hybridized carbons (Fsp3) is 0.125. The Morgan fingerprint density at radius 3 is 1.95 bits per heavy atom. The summed E-state index contributed by atoms with van der Waals surface area (Å²) in [5, 5.41) is 0.459. The van der Waals surface area contributed by atoms with Crippen molar-refractivity contribution in [3.05, 3.63) is 57.6 Å². The average Bonchev–Trinajstić information content (AvgIpc) is 2.68. The van der Waals surface area contributed by atoms with Gasteiger partial charge in [0.1, 0.15) is 0 Å². The minimum Gasteiger partial charge on any atom is -0.397 e. The molecule has 0 radical (unpaired) electrons. The van der Waals surface area contributed by atoms with Crippen molar-refractivity contribution < 1.29 is 9.59 Å². The number of nitrogen functional groups attached to an aromatic ring is 1. The number of nitrogens with two attached hydrogens (primary N) is 1. The van der Waals surface area contributed by atoms with Crippen LogP contribution in [0.3, 0.4) is 0 Å². The molecule has 4 nitrogen and oxygen atoms in total. The highest BCUT2D eigenvalue weighted by Gasteiger charge is 2.39. The van der Waals surface area contributed by atoms with E-state index in [9.17, 15) is 9.59 Å². The fourth-order valence-electron chi connectivity index (χ4n) is 2.63. The second kappa shape index (κ2) is 4.60. The normalized spacial score (nSPS) is 13.8. The van der Waals surface area contributed by atoms with Gasteiger partial charge in [0.25, 0.3) is 11.8 Å². The highest BCUT2D eigenvalue weighted by molar-refractivity contribution is 6.36. The highest BCUT2D eigenvalue weighted by Crippen LogP contribution is 2.35. The molecule has 2 aromatic rings. The van der Waals surface area contributed by atoms with Crippen LogP contribution in [-0.4, -0.2) is 11.8 Å². The number of halogens is 1. The van der Waals surface area contributed by atoms with Crippen LogP contribution in [0.5, 0.6) is 0 Å². The summed E-state index contributed by atoms with van der Waals surface area (Å²) in [6.07, 6.45) is 0. The van der Waals surface area contributed by atoms with E-state index in [1.807, 2.05) is 26.0 Å². The second-order valence-electron chi connectivity index (χ2n) is 5.10. The van der Waals surface area contributed by atoms with Crippen molar-refractivity contribution in [1.82, 2.24) is 0 Å². The standard InChI is InChI=1S/C16H13ClN2O2/c1-8-3-4-9(2)14-13(8)15(20)19(16(14)21)12-6-5-10(17)7-11(12)18/h3-7H,18H2,1-2H3. The lowest BCUT2D eigenvalue weighted by Crippen LogP contribution is -2.30. The number of hydrogen-bond donors (Lipinski definition) is 1. The van der Waals surface area contributed by atoms with Crippen molar-refractivity contribution >= 4 is 34.8 Å². The van der Waals surface area contributed by atoms with E-state index in [1.165, 1.54) is 6.07 Å². The molecule has 106 valence electrons. The Kier molecular flexibility index (Phi) is 2.99. The zero-order valence-corrected chi connectivity index (χ0v) is 12.4. The average molecular weight is 301 g/mol. The number of amides is 2. The lowest BCUT2D eigenvalue weighted by Gasteiger charge is -2.16. The molecule has 1 aliphatic heterocycles. The Hall–Kier alpha value is -2.33.